The molecule has 2 aliphatic rings. The van der Waals surface area contributed by atoms with E-state index in [-0.39, 0.29) is 0 Å². The van der Waals surface area contributed by atoms with Crippen LogP contribution in [0.3, 0.4) is 0 Å². The SMILES string of the molecule is CCCC1(CC2Cc3ccccc3S2)CNC1. The molecule has 0 amide bonds. The van der Waals surface area contributed by atoms with Crippen molar-refractivity contribution in [2.75, 3.05) is 13.1 Å². The second-order valence-electron chi connectivity index (χ2n) is 5.61. The molecule has 0 bridgehead atoms. The lowest BCUT2D eigenvalue weighted by molar-refractivity contribution is 0.136. The normalized spacial score (nSPS) is 25.4. The number of benzene rings is 1. The molecule has 1 aromatic rings. The lowest BCUT2D eigenvalue weighted by Gasteiger charge is -2.44. The average molecular weight is 247 g/mol. The van der Waals surface area contributed by atoms with Crippen LogP contribution in [0.15, 0.2) is 29.2 Å². The van der Waals surface area contributed by atoms with Crippen LogP contribution < -0.4 is 5.32 Å². The van der Waals surface area contributed by atoms with Gasteiger partial charge in [-0.2, -0.15) is 0 Å². The van der Waals surface area contributed by atoms with Gasteiger partial charge in [0.25, 0.3) is 0 Å². The van der Waals surface area contributed by atoms with Crippen molar-refractivity contribution >= 4 is 11.8 Å². The fourth-order valence-corrected chi connectivity index (χ4v) is 4.80. The Morgan fingerprint density at radius 3 is 2.82 bits per heavy atom. The molecule has 0 radical (unpaired) electrons. The predicted molar refractivity (Wildman–Crippen MR) is 74.6 cm³/mol. The minimum absolute atomic E-state index is 0.620. The van der Waals surface area contributed by atoms with Gasteiger partial charge in [-0.1, -0.05) is 31.5 Å². The van der Waals surface area contributed by atoms with Crippen molar-refractivity contribution in [2.24, 2.45) is 5.41 Å². The standard InChI is InChI=1S/C15H21NS/c1-2-7-15(10-16-11-15)9-13-8-12-5-3-4-6-14(12)17-13/h3-6,13,16H,2,7-11H2,1H3. The Hall–Kier alpha value is -0.470. The number of nitrogens with one attached hydrogen (secondary N) is 1. The minimum atomic E-state index is 0.620. The van der Waals surface area contributed by atoms with Gasteiger partial charge in [0.1, 0.15) is 0 Å². The summed E-state index contributed by atoms with van der Waals surface area (Å²) in [5, 5.41) is 4.29. The topological polar surface area (TPSA) is 12.0 Å². The molecule has 1 saturated heterocycles. The largest absolute Gasteiger partial charge is 0.316 e. The summed E-state index contributed by atoms with van der Waals surface area (Å²) in [5.74, 6) is 0. The number of hydrogen-bond donors (Lipinski definition) is 1. The third-order valence-corrected chi connectivity index (χ3v) is 5.47. The first-order valence-electron chi connectivity index (χ1n) is 6.77. The second kappa shape index (κ2) is 4.66. The average Bonchev–Trinajstić information content (AvgIpc) is 2.68. The van der Waals surface area contributed by atoms with Crippen LogP contribution in [0.25, 0.3) is 0 Å². The van der Waals surface area contributed by atoms with Crippen LogP contribution in [-0.2, 0) is 6.42 Å². The van der Waals surface area contributed by atoms with E-state index in [4.69, 9.17) is 0 Å². The molecule has 92 valence electrons. The summed E-state index contributed by atoms with van der Waals surface area (Å²) in [5.41, 5.74) is 2.19. The van der Waals surface area contributed by atoms with Gasteiger partial charge in [0.05, 0.1) is 0 Å². The smallest absolute Gasteiger partial charge is 0.0141 e. The van der Waals surface area contributed by atoms with E-state index < -0.39 is 0 Å². The van der Waals surface area contributed by atoms with Crippen LogP contribution in [0.2, 0.25) is 0 Å². The third kappa shape index (κ3) is 2.25. The summed E-state index contributed by atoms with van der Waals surface area (Å²) in [6, 6.07) is 8.93. The van der Waals surface area contributed by atoms with Crippen molar-refractivity contribution in [3.8, 4) is 0 Å². The monoisotopic (exact) mass is 247 g/mol. The molecule has 0 saturated carbocycles. The minimum Gasteiger partial charge on any atom is -0.316 e. The molecule has 0 aliphatic carbocycles. The number of thioether (sulfide) groups is 1. The Labute approximate surface area is 108 Å². The van der Waals surface area contributed by atoms with Gasteiger partial charge in [0, 0.05) is 23.2 Å². The van der Waals surface area contributed by atoms with Gasteiger partial charge in [-0.15, -0.1) is 11.8 Å². The second-order valence-corrected chi connectivity index (χ2v) is 6.95. The highest BCUT2D eigenvalue weighted by atomic mass is 32.2. The summed E-state index contributed by atoms with van der Waals surface area (Å²) in [6.45, 7) is 4.80. The van der Waals surface area contributed by atoms with Gasteiger partial charge in [0.15, 0.2) is 0 Å². The van der Waals surface area contributed by atoms with Crippen LogP contribution in [0.4, 0.5) is 0 Å². The van der Waals surface area contributed by atoms with E-state index in [9.17, 15) is 0 Å². The Balaban J connectivity index is 1.65. The molecule has 1 fully saturated rings. The molecule has 17 heavy (non-hydrogen) atoms. The van der Waals surface area contributed by atoms with E-state index in [1.165, 1.54) is 43.7 Å². The van der Waals surface area contributed by atoms with Gasteiger partial charge < -0.3 is 5.32 Å². The highest BCUT2D eigenvalue weighted by Crippen LogP contribution is 2.44. The van der Waals surface area contributed by atoms with Crippen LogP contribution >= 0.6 is 11.8 Å². The van der Waals surface area contributed by atoms with E-state index in [1.54, 1.807) is 5.56 Å². The maximum atomic E-state index is 3.47. The maximum Gasteiger partial charge on any atom is 0.0141 e. The molecule has 0 aromatic heterocycles. The molecule has 1 aromatic carbocycles. The first kappa shape index (κ1) is 11.6. The van der Waals surface area contributed by atoms with Crippen molar-refractivity contribution in [3.05, 3.63) is 29.8 Å². The molecule has 1 atom stereocenters. The summed E-state index contributed by atoms with van der Waals surface area (Å²) < 4.78 is 0. The summed E-state index contributed by atoms with van der Waals surface area (Å²) >= 11 is 2.11. The first-order valence-corrected chi connectivity index (χ1v) is 7.65. The molecule has 0 spiro atoms. The Morgan fingerprint density at radius 2 is 2.18 bits per heavy atom. The van der Waals surface area contributed by atoms with E-state index in [0.717, 1.165) is 5.25 Å². The molecule has 1 unspecified atom stereocenters. The van der Waals surface area contributed by atoms with E-state index >= 15 is 0 Å². The van der Waals surface area contributed by atoms with Crippen LogP contribution in [-0.4, -0.2) is 18.3 Å². The highest BCUT2D eigenvalue weighted by Gasteiger charge is 2.39. The molecular weight excluding hydrogens is 226 g/mol. The summed E-state index contributed by atoms with van der Waals surface area (Å²) in [7, 11) is 0. The zero-order valence-corrected chi connectivity index (χ0v) is 11.4. The fourth-order valence-electron chi connectivity index (χ4n) is 3.28. The third-order valence-electron chi connectivity index (χ3n) is 4.15. The molecule has 2 heterocycles. The zero-order valence-electron chi connectivity index (χ0n) is 10.5. The Morgan fingerprint density at radius 1 is 1.35 bits per heavy atom. The number of hydrogen-bond acceptors (Lipinski definition) is 2. The Bertz CT molecular complexity index is 373. The van der Waals surface area contributed by atoms with Gasteiger partial charge in [-0.25, -0.2) is 0 Å². The van der Waals surface area contributed by atoms with Crippen LogP contribution in [0, 0.1) is 5.41 Å². The van der Waals surface area contributed by atoms with Crippen molar-refractivity contribution in [1.82, 2.24) is 5.32 Å². The van der Waals surface area contributed by atoms with Gasteiger partial charge >= 0.3 is 0 Å². The van der Waals surface area contributed by atoms with Crippen molar-refractivity contribution in [1.29, 1.82) is 0 Å². The van der Waals surface area contributed by atoms with E-state index in [0.29, 0.717) is 5.41 Å². The molecular formula is C15H21NS. The number of rotatable bonds is 4. The van der Waals surface area contributed by atoms with Crippen LogP contribution in [0.5, 0.6) is 0 Å². The van der Waals surface area contributed by atoms with Gasteiger partial charge in [0.2, 0.25) is 0 Å². The summed E-state index contributed by atoms with van der Waals surface area (Å²) in [4.78, 5) is 1.52. The predicted octanol–water partition coefficient (Wildman–Crippen LogP) is 3.48. The Kier molecular flexibility index (Phi) is 3.18. The molecule has 1 nitrogen and oxygen atoms in total. The lowest BCUT2D eigenvalue weighted by Crippen LogP contribution is -2.54. The first-order chi connectivity index (χ1) is 8.31. The fraction of sp³-hybridized carbons (Fsp3) is 0.600. The summed E-state index contributed by atoms with van der Waals surface area (Å²) in [6.07, 6.45) is 5.40. The molecule has 3 rings (SSSR count). The van der Waals surface area contributed by atoms with Crippen molar-refractivity contribution in [2.45, 2.75) is 42.8 Å². The van der Waals surface area contributed by atoms with Gasteiger partial charge in [-0.3, -0.25) is 0 Å². The quantitative estimate of drug-likeness (QED) is 0.874. The molecule has 1 N–H and O–H groups in total. The van der Waals surface area contributed by atoms with Gasteiger partial charge in [-0.05, 0) is 36.3 Å². The van der Waals surface area contributed by atoms with E-state index in [2.05, 4.69) is 48.3 Å². The van der Waals surface area contributed by atoms with Crippen molar-refractivity contribution < 1.29 is 0 Å². The number of fused-ring (bicyclic) bond motifs is 1. The maximum absolute atomic E-state index is 3.47. The highest BCUT2D eigenvalue weighted by molar-refractivity contribution is 8.00. The molecule has 2 heteroatoms. The van der Waals surface area contributed by atoms with Crippen molar-refractivity contribution in [3.63, 3.8) is 0 Å². The zero-order chi connectivity index (χ0) is 11.7. The van der Waals surface area contributed by atoms with E-state index in [1.807, 2.05) is 0 Å². The lowest BCUT2D eigenvalue weighted by atomic mass is 9.73. The molecule has 2 aliphatic heterocycles. The van der Waals surface area contributed by atoms with Crippen LogP contribution in [0.1, 0.15) is 31.7 Å².